The van der Waals surface area contributed by atoms with Crippen LogP contribution in [0.1, 0.15) is 137 Å². The summed E-state index contributed by atoms with van der Waals surface area (Å²) in [7, 11) is 0. The van der Waals surface area contributed by atoms with Crippen LogP contribution in [0.3, 0.4) is 0 Å². The number of hydrogen-bond donors (Lipinski definition) is 22. The molecule has 502 valence electrons. The van der Waals surface area contributed by atoms with Crippen molar-refractivity contribution in [2.24, 2.45) is 57.7 Å². The van der Waals surface area contributed by atoms with Gasteiger partial charge < -0.3 is 109 Å². The third-order valence-corrected chi connectivity index (χ3v) is 14.2. The van der Waals surface area contributed by atoms with Gasteiger partial charge in [0.25, 0.3) is 0 Å². The van der Waals surface area contributed by atoms with E-state index >= 15 is 0 Å². The molecule has 30 N–H and O–H groups in total. The third kappa shape index (κ3) is 31.4. The molecule has 0 unspecified atom stereocenters. The summed E-state index contributed by atoms with van der Waals surface area (Å²) in [6.45, 7) is 6.56. The average molecular weight is 1260 g/mol. The van der Waals surface area contributed by atoms with E-state index in [0.717, 1.165) is 0 Å². The maximum atomic E-state index is 14.6. The molecular weight excluding hydrogens is 1170 g/mol. The highest BCUT2D eigenvalue weighted by atomic mass is 16.2. The van der Waals surface area contributed by atoms with Gasteiger partial charge in [-0.25, -0.2) is 0 Å². The molecule has 36 nitrogen and oxygen atoms in total. The first kappa shape index (κ1) is 77.9. The fourth-order valence-electron chi connectivity index (χ4n) is 9.14. The van der Waals surface area contributed by atoms with Crippen LogP contribution in [0.2, 0.25) is 0 Å². The maximum Gasteiger partial charge on any atom is 0.245 e. The van der Waals surface area contributed by atoms with E-state index in [0.29, 0.717) is 12.8 Å². The molecule has 1 aliphatic heterocycles. The third-order valence-electron chi connectivity index (χ3n) is 14.2. The Morgan fingerprint density at radius 2 is 0.809 bits per heavy atom. The van der Waals surface area contributed by atoms with E-state index in [1.165, 1.54) is 18.7 Å². The summed E-state index contributed by atoms with van der Waals surface area (Å²) >= 11 is 0. The van der Waals surface area contributed by atoms with Crippen molar-refractivity contribution >= 4 is 94.7 Å². The molecule has 0 saturated carbocycles. The van der Waals surface area contributed by atoms with Gasteiger partial charge in [-0.3, -0.25) is 78.6 Å². The molecular formula is C53H97N23O13. The maximum absolute atomic E-state index is 14.6. The SMILES string of the molecule is CC(C)[C@H](NC(=O)[C@H](C)NC(=O)[C@H](CCCCN)NC(=O)[C@H](CCC(N)=O)NC(=O)[C@H](CCCNC(=N)N)NC(=O)[C@H](CCC(N)=O)NC(=O)[C@@H]1CCCN1C(=O)[C@H](CCCNC(=N)N)NC(=O)[C@H](CCCNC(=N)N)NC(=O)[C@@H](C)CCC(N)=O)C(N)=O. The van der Waals surface area contributed by atoms with Gasteiger partial charge in [0.1, 0.15) is 54.4 Å². The normalized spacial score (nSPS) is 15.7. The zero-order chi connectivity index (χ0) is 67.5. The standard InChI is InChI=1S/C53H97N23O13/c1-27(2)40(41(58)80)75-43(82)29(4)68-44(83)30(11-5-6-22-54)70-47(86)33(17-20-38(56)78)72-45(84)32(13-8-24-66-52(61)62)71-48(87)34(18-21-39(57)79)73-49(88)36-15-10-26-76(36)50(89)35(14-9-25-67-53(63)64)74-46(85)31(12-7-23-65-51(59)60)69-42(81)28(3)16-19-37(55)77/h27-36,40H,5-26,54H2,1-4H3,(H2,55,77)(H2,56,78)(H2,57,79)(H2,58,80)(H,68,83)(H,69,81)(H,70,86)(H,71,87)(H,72,84)(H,73,88)(H,74,85)(H,75,82)(H4,59,60,65)(H4,61,62,66)(H4,63,64,67)/t28-,29-,30-,31-,32-,33-,34-,35-,36-,40-/m0/s1. The van der Waals surface area contributed by atoms with Gasteiger partial charge in [0.05, 0.1) is 0 Å². The first-order chi connectivity index (χ1) is 41.8. The second-order valence-electron chi connectivity index (χ2n) is 22.1. The number of unbranched alkanes of at least 4 members (excludes halogenated alkanes) is 1. The second kappa shape index (κ2) is 41.1. The highest BCUT2D eigenvalue weighted by Crippen LogP contribution is 2.21. The van der Waals surface area contributed by atoms with Crippen LogP contribution in [0, 0.1) is 28.1 Å². The number of guanidine groups is 3. The Bertz CT molecular complexity index is 2490. The summed E-state index contributed by atoms with van der Waals surface area (Å²) in [5, 5.41) is 50.9. The van der Waals surface area contributed by atoms with E-state index in [9.17, 15) is 62.3 Å². The highest BCUT2D eigenvalue weighted by molar-refractivity contribution is 5.99. The van der Waals surface area contributed by atoms with Crippen LogP contribution in [-0.4, -0.2) is 187 Å². The lowest BCUT2D eigenvalue weighted by Gasteiger charge is -2.31. The molecule has 1 saturated heterocycles. The van der Waals surface area contributed by atoms with Crippen LogP contribution in [0.25, 0.3) is 0 Å². The van der Waals surface area contributed by atoms with Crippen molar-refractivity contribution in [3.05, 3.63) is 0 Å². The lowest BCUT2D eigenvalue weighted by molar-refractivity contribution is -0.143. The van der Waals surface area contributed by atoms with Gasteiger partial charge in [0, 0.05) is 51.4 Å². The molecule has 1 rings (SSSR count). The second-order valence-corrected chi connectivity index (χ2v) is 22.1. The lowest BCUT2D eigenvalue weighted by Crippen LogP contribution is -2.60. The monoisotopic (exact) mass is 1260 g/mol. The molecule has 13 amide bonds. The summed E-state index contributed by atoms with van der Waals surface area (Å²) in [5.74, 6) is -13.2. The molecule has 10 atom stereocenters. The van der Waals surface area contributed by atoms with Gasteiger partial charge in [0.2, 0.25) is 76.8 Å². The minimum atomic E-state index is -1.63. The van der Waals surface area contributed by atoms with Crippen molar-refractivity contribution in [1.82, 2.24) is 63.4 Å². The Morgan fingerprint density at radius 1 is 0.438 bits per heavy atom. The van der Waals surface area contributed by atoms with Gasteiger partial charge in [0.15, 0.2) is 17.9 Å². The summed E-state index contributed by atoms with van der Waals surface area (Å²) < 4.78 is 0. The van der Waals surface area contributed by atoms with E-state index in [1.54, 1.807) is 13.8 Å². The highest BCUT2D eigenvalue weighted by Gasteiger charge is 2.40. The average Bonchev–Trinajstić information content (AvgIpc) is 2.25. The fraction of sp³-hybridized carbons (Fsp3) is 0.698. The van der Waals surface area contributed by atoms with Gasteiger partial charge in [-0.1, -0.05) is 20.8 Å². The molecule has 0 aromatic heterocycles. The largest absolute Gasteiger partial charge is 0.370 e. The molecule has 1 aliphatic rings. The van der Waals surface area contributed by atoms with Crippen LogP contribution in [-0.2, 0) is 62.3 Å². The summed E-state index contributed by atoms with van der Waals surface area (Å²) in [4.78, 5) is 175. The summed E-state index contributed by atoms with van der Waals surface area (Å²) in [6.07, 6.45) is -0.825. The first-order valence-corrected chi connectivity index (χ1v) is 29.6. The van der Waals surface area contributed by atoms with E-state index in [2.05, 4.69) is 58.5 Å². The lowest BCUT2D eigenvalue weighted by atomic mass is 10.0. The van der Waals surface area contributed by atoms with Gasteiger partial charge in [-0.05, 0) is 109 Å². The quantitative estimate of drug-likeness (QED) is 0.0153. The Balaban J connectivity index is 3.67. The number of rotatable bonds is 44. The smallest absolute Gasteiger partial charge is 0.245 e. The molecule has 0 aliphatic carbocycles. The van der Waals surface area contributed by atoms with Crippen LogP contribution >= 0.6 is 0 Å². The number of carbonyl (C=O) groups excluding carboxylic acids is 13. The van der Waals surface area contributed by atoms with Crippen molar-refractivity contribution in [3.63, 3.8) is 0 Å². The van der Waals surface area contributed by atoms with Crippen molar-refractivity contribution in [2.75, 3.05) is 32.7 Å². The molecule has 36 heteroatoms. The van der Waals surface area contributed by atoms with E-state index < -0.39 is 175 Å². The molecule has 0 radical (unpaired) electrons. The predicted octanol–water partition coefficient (Wildman–Crippen LogP) is -7.63. The fourth-order valence-corrected chi connectivity index (χ4v) is 9.14. The minimum absolute atomic E-state index is 0.00908. The topological polar surface area (TPSA) is 637 Å². The number of nitrogens with two attached hydrogens (primary N) is 8. The van der Waals surface area contributed by atoms with E-state index in [4.69, 9.17) is 62.1 Å². The number of nitrogens with one attached hydrogen (secondary N) is 14. The Labute approximate surface area is 516 Å². The van der Waals surface area contributed by atoms with Crippen molar-refractivity contribution in [1.29, 1.82) is 16.2 Å². The molecule has 89 heavy (non-hydrogen) atoms. The molecule has 0 bridgehead atoms. The van der Waals surface area contributed by atoms with Crippen LogP contribution in [0.5, 0.6) is 0 Å². The van der Waals surface area contributed by atoms with Crippen LogP contribution in [0.4, 0.5) is 0 Å². The minimum Gasteiger partial charge on any atom is -0.370 e. The van der Waals surface area contributed by atoms with Crippen molar-refractivity contribution in [2.45, 2.75) is 191 Å². The predicted molar refractivity (Wildman–Crippen MR) is 325 cm³/mol. The molecule has 0 aromatic rings. The number of primary amides is 4. The number of likely N-dealkylation sites (tertiary alicyclic amines) is 1. The first-order valence-electron chi connectivity index (χ1n) is 29.6. The van der Waals surface area contributed by atoms with Gasteiger partial charge >= 0.3 is 0 Å². The Morgan fingerprint density at radius 3 is 1.21 bits per heavy atom. The molecule has 0 aromatic carbocycles. The molecule has 0 spiro atoms. The number of carbonyl (C=O) groups is 13. The number of amides is 13. The Hall–Kier alpha value is -9.12. The van der Waals surface area contributed by atoms with E-state index in [1.807, 2.05) is 0 Å². The molecule has 1 heterocycles. The van der Waals surface area contributed by atoms with Gasteiger partial charge in [-0.15, -0.1) is 0 Å². The van der Waals surface area contributed by atoms with E-state index in [-0.39, 0.29) is 115 Å². The van der Waals surface area contributed by atoms with Gasteiger partial charge in [-0.2, -0.15) is 0 Å². The summed E-state index contributed by atoms with van der Waals surface area (Å²) in [6, 6.07) is -12.4. The van der Waals surface area contributed by atoms with Crippen LogP contribution < -0.4 is 104 Å². The zero-order valence-electron chi connectivity index (χ0n) is 51.3. The molecule has 1 fully saturated rings. The number of nitrogens with zero attached hydrogens (tertiary/aromatic N) is 1. The van der Waals surface area contributed by atoms with Crippen LogP contribution in [0.15, 0.2) is 0 Å². The van der Waals surface area contributed by atoms with Crippen molar-refractivity contribution in [3.8, 4) is 0 Å². The number of hydrogen-bond acceptors (Lipinski definition) is 17. The zero-order valence-corrected chi connectivity index (χ0v) is 51.3. The van der Waals surface area contributed by atoms with Crippen molar-refractivity contribution < 1.29 is 62.3 Å². The summed E-state index contributed by atoms with van der Waals surface area (Å²) in [5.41, 5.74) is 43.7. The Kier molecular flexibility index (Phi) is 36.0.